The van der Waals surface area contributed by atoms with Gasteiger partial charge in [0.25, 0.3) is 0 Å². The Morgan fingerprint density at radius 2 is 1.94 bits per heavy atom. The molecule has 0 aliphatic rings. The summed E-state index contributed by atoms with van der Waals surface area (Å²) < 4.78 is 27.4. The Morgan fingerprint density at radius 3 is 2.31 bits per heavy atom. The highest BCUT2D eigenvalue weighted by molar-refractivity contribution is 7.90. The summed E-state index contributed by atoms with van der Waals surface area (Å²) in [6.07, 6.45) is 1.18. The van der Waals surface area contributed by atoms with Gasteiger partial charge >= 0.3 is 0 Å². The molecule has 0 spiro atoms. The van der Waals surface area contributed by atoms with Gasteiger partial charge in [0.1, 0.15) is 15.6 Å². The minimum Gasteiger partial charge on any atom is -0.497 e. The SMILES string of the molecule is COc1ccc(C(CS(C)(=O)=O)NN)cc1. The van der Waals surface area contributed by atoms with E-state index >= 15 is 0 Å². The van der Waals surface area contributed by atoms with E-state index in [1.807, 2.05) is 0 Å². The highest BCUT2D eigenvalue weighted by Gasteiger charge is 2.15. The number of benzene rings is 1. The summed E-state index contributed by atoms with van der Waals surface area (Å²) in [5.41, 5.74) is 3.31. The van der Waals surface area contributed by atoms with Crippen LogP contribution in [-0.2, 0) is 9.84 Å². The average molecular weight is 244 g/mol. The van der Waals surface area contributed by atoms with Crippen LogP contribution in [-0.4, -0.2) is 27.5 Å². The van der Waals surface area contributed by atoms with Crippen LogP contribution in [0.4, 0.5) is 0 Å². The third-order valence-electron chi connectivity index (χ3n) is 2.19. The molecule has 0 saturated carbocycles. The van der Waals surface area contributed by atoms with Gasteiger partial charge < -0.3 is 4.74 Å². The molecule has 1 aromatic carbocycles. The number of hydrogen-bond donors (Lipinski definition) is 2. The fourth-order valence-electron chi connectivity index (χ4n) is 1.38. The highest BCUT2D eigenvalue weighted by atomic mass is 32.2. The fraction of sp³-hybridized carbons (Fsp3) is 0.400. The third kappa shape index (κ3) is 3.80. The van der Waals surface area contributed by atoms with E-state index in [0.717, 1.165) is 11.3 Å². The van der Waals surface area contributed by atoms with Crippen LogP contribution in [0.3, 0.4) is 0 Å². The lowest BCUT2D eigenvalue weighted by Gasteiger charge is -2.15. The zero-order valence-electron chi connectivity index (χ0n) is 9.30. The number of nitrogens with two attached hydrogens (primary N) is 1. The number of methoxy groups -OCH3 is 1. The predicted octanol–water partition coefficient (Wildman–Crippen LogP) is 0.244. The molecular formula is C10H16N2O3S. The molecule has 16 heavy (non-hydrogen) atoms. The second-order valence-electron chi connectivity index (χ2n) is 3.58. The van der Waals surface area contributed by atoms with Crippen LogP contribution in [0.15, 0.2) is 24.3 Å². The molecule has 0 fully saturated rings. The molecular weight excluding hydrogens is 228 g/mol. The smallest absolute Gasteiger partial charge is 0.149 e. The van der Waals surface area contributed by atoms with Crippen LogP contribution in [0.2, 0.25) is 0 Å². The maximum atomic E-state index is 11.2. The van der Waals surface area contributed by atoms with Crippen LogP contribution >= 0.6 is 0 Å². The Balaban J connectivity index is 2.87. The normalized spacial score (nSPS) is 13.4. The van der Waals surface area contributed by atoms with E-state index in [2.05, 4.69) is 5.43 Å². The minimum atomic E-state index is -3.07. The number of rotatable bonds is 5. The van der Waals surface area contributed by atoms with Gasteiger partial charge in [-0.05, 0) is 17.7 Å². The number of hydrazine groups is 1. The summed E-state index contributed by atoms with van der Waals surface area (Å²) in [5.74, 6) is 6.03. The predicted molar refractivity (Wildman–Crippen MR) is 62.8 cm³/mol. The van der Waals surface area contributed by atoms with Crippen LogP contribution in [0.1, 0.15) is 11.6 Å². The van der Waals surface area contributed by atoms with Crippen LogP contribution in [0.25, 0.3) is 0 Å². The Bertz CT molecular complexity index is 428. The Kier molecular flexibility index (Phi) is 4.28. The molecule has 0 aliphatic carbocycles. The van der Waals surface area contributed by atoms with Crippen molar-refractivity contribution in [2.24, 2.45) is 5.84 Å². The molecule has 0 aromatic heterocycles. The summed E-state index contributed by atoms with van der Waals surface area (Å²) >= 11 is 0. The topological polar surface area (TPSA) is 81.4 Å². The molecule has 1 unspecified atom stereocenters. The van der Waals surface area contributed by atoms with Crippen LogP contribution in [0, 0.1) is 0 Å². The standard InChI is InChI=1S/C10H16N2O3S/c1-15-9-5-3-8(4-6-9)10(12-11)7-16(2,13)14/h3-6,10,12H,7,11H2,1-2H3. The van der Waals surface area contributed by atoms with Crippen molar-refractivity contribution < 1.29 is 13.2 Å². The second kappa shape index (κ2) is 5.29. The van der Waals surface area contributed by atoms with E-state index in [-0.39, 0.29) is 5.75 Å². The molecule has 0 amide bonds. The van der Waals surface area contributed by atoms with Crippen molar-refractivity contribution in [3.8, 4) is 5.75 Å². The average Bonchev–Trinajstić information content (AvgIpc) is 2.25. The summed E-state index contributed by atoms with van der Waals surface area (Å²) in [6, 6.07) is 6.70. The number of hydrogen-bond acceptors (Lipinski definition) is 5. The monoisotopic (exact) mass is 244 g/mol. The van der Waals surface area contributed by atoms with Crippen molar-refractivity contribution in [1.29, 1.82) is 0 Å². The lowest BCUT2D eigenvalue weighted by molar-refractivity contribution is 0.414. The Hall–Kier alpha value is -1.11. The molecule has 3 N–H and O–H groups in total. The summed E-state index contributed by atoms with van der Waals surface area (Å²) in [4.78, 5) is 0. The number of sulfone groups is 1. The van der Waals surface area contributed by atoms with Gasteiger partial charge in [0.2, 0.25) is 0 Å². The molecule has 0 saturated heterocycles. The molecule has 1 atom stereocenters. The first-order valence-corrected chi connectivity index (χ1v) is 6.80. The lowest BCUT2D eigenvalue weighted by Crippen LogP contribution is -2.32. The summed E-state index contributed by atoms with van der Waals surface area (Å²) in [7, 11) is -1.50. The second-order valence-corrected chi connectivity index (χ2v) is 5.77. The third-order valence-corrected chi connectivity index (χ3v) is 3.13. The molecule has 1 rings (SSSR count). The lowest BCUT2D eigenvalue weighted by atomic mass is 10.1. The van der Waals surface area contributed by atoms with Gasteiger partial charge in [0, 0.05) is 6.26 Å². The first-order valence-electron chi connectivity index (χ1n) is 4.74. The highest BCUT2D eigenvalue weighted by Crippen LogP contribution is 2.18. The number of nitrogens with one attached hydrogen (secondary N) is 1. The van der Waals surface area contributed by atoms with Crippen molar-refractivity contribution in [3.05, 3.63) is 29.8 Å². The van der Waals surface area contributed by atoms with Crippen molar-refractivity contribution in [1.82, 2.24) is 5.43 Å². The van der Waals surface area contributed by atoms with E-state index in [4.69, 9.17) is 10.6 Å². The maximum absolute atomic E-state index is 11.2. The van der Waals surface area contributed by atoms with Crippen molar-refractivity contribution >= 4 is 9.84 Å². The van der Waals surface area contributed by atoms with Crippen molar-refractivity contribution in [3.63, 3.8) is 0 Å². The summed E-state index contributed by atoms with van der Waals surface area (Å²) in [6.45, 7) is 0. The Labute approximate surface area is 95.5 Å². The van der Waals surface area contributed by atoms with Crippen LogP contribution in [0.5, 0.6) is 5.75 Å². The van der Waals surface area contributed by atoms with Gasteiger partial charge in [0.05, 0.1) is 18.9 Å². The van der Waals surface area contributed by atoms with Gasteiger partial charge in [-0.1, -0.05) is 12.1 Å². The zero-order valence-corrected chi connectivity index (χ0v) is 10.1. The molecule has 5 nitrogen and oxygen atoms in total. The molecule has 6 heteroatoms. The molecule has 1 aromatic rings. The molecule has 0 heterocycles. The van der Waals surface area contributed by atoms with Crippen molar-refractivity contribution in [2.45, 2.75) is 6.04 Å². The molecule has 90 valence electrons. The Morgan fingerprint density at radius 1 is 1.38 bits per heavy atom. The largest absolute Gasteiger partial charge is 0.497 e. The first kappa shape index (κ1) is 13.0. The van der Waals surface area contributed by atoms with E-state index < -0.39 is 15.9 Å². The zero-order chi connectivity index (χ0) is 12.2. The molecule has 0 bridgehead atoms. The molecule has 0 radical (unpaired) electrons. The van der Waals surface area contributed by atoms with Gasteiger partial charge in [-0.2, -0.15) is 0 Å². The number of ether oxygens (including phenoxy) is 1. The maximum Gasteiger partial charge on any atom is 0.149 e. The fourth-order valence-corrected chi connectivity index (χ4v) is 2.27. The van der Waals surface area contributed by atoms with E-state index in [9.17, 15) is 8.42 Å². The summed E-state index contributed by atoms with van der Waals surface area (Å²) in [5, 5.41) is 0. The van der Waals surface area contributed by atoms with Gasteiger partial charge in [-0.3, -0.25) is 11.3 Å². The molecule has 0 aliphatic heterocycles. The van der Waals surface area contributed by atoms with Gasteiger partial charge in [0.15, 0.2) is 0 Å². The van der Waals surface area contributed by atoms with E-state index in [1.165, 1.54) is 6.26 Å². The van der Waals surface area contributed by atoms with Gasteiger partial charge in [-0.15, -0.1) is 0 Å². The van der Waals surface area contributed by atoms with Gasteiger partial charge in [-0.25, -0.2) is 8.42 Å². The minimum absolute atomic E-state index is 0.0319. The first-order chi connectivity index (χ1) is 7.46. The van der Waals surface area contributed by atoms with Crippen molar-refractivity contribution in [2.75, 3.05) is 19.1 Å². The van der Waals surface area contributed by atoms with Crippen LogP contribution < -0.4 is 16.0 Å². The quantitative estimate of drug-likeness (QED) is 0.573. The van der Waals surface area contributed by atoms with E-state index in [0.29, 0.717) is 0 Å². The van der Waals surface area contributed by atoms with E-state index in [1.54, 1.807) is 31.4 Å².